The molecule has 0 saturated carbocycles. The third kappa shape index (κ3) is 5.87. The van der Waals surface area contributed by atoms with E-state index >= 15 is 0 Å². The molecule has 0 aliphatic heterocycles. The molecular formula is C12H25N. The van der Waals surface area contributed by atoms with E-state index in [0.29, 0.717) is 6.04 Å². The molecule has 13 heavy (non-hydrogen) atoms. The molecule has 0 bridgehead atoms. The Kier molecular flexibility index (Phi) is 8.11. The number of likely N-dealkylation sites (N-methyl/N-ethyl adjacent to an activating group) is 1. The molecule has 0 radical (unpaired) electrons. The Morgan fingerprint density at radius 1 is 1.23 bits per heavy atom. The van der Waals surface area contributed by atoms with Crippen LogP contribution in [0.4, 0.5) is 0 Å². The van der Waals surface area contributed by atoms with E-state index in [1.54, 1.807) is 0 Å². The van der Waals surface area contributed by atoms with Gasteiger partial charge in [-0.15, -0.1) is 0 Å². The van der Waals surface area contributed by atoms with Gasteiger partial charge in [-0.25, -0.2) is 0 Å². The van der Waals surface area contributed by atoms with Gasteiger partial charge in [-0.3, -0.25) is 0 Å². The number of hydrogen-bond acceptors (Lipinski definition) is 1. The molecule has 1 atom stereocenters. The average Bonchev–Trinajstić information content (AvgIpc) is 2.17. The molecule has 0 saturated heterocycles. The lowest BCUT2D eigenvalue weighted by Gasteiger charge is -2.17. The van der Waals surface area contributed by atoms with Crippen LogP contribution in [-0.4, -0.2) is 13.1 Å². The third-order valence-corrected chi connectivity index (χ3v) is 2.64. The summed E-state index contributed by atoms with van der Waals surface area (Å²) in [6, 6.07) is 0.543. The standard InChI is InChI=1S/C12H25N/c1-5-7-8-9-10-12(13-4)11(3)6-2/h12-13H,3,5-10H2,1-2,4H3. The minimum atomic E-state index is 0.543. The number of nitrogens with one attached hydrogen (secondary N) is 1. The van der Waals surface area contributed by atoms with Gasteiger partial charge < -0.3 is 5.32 Å². The van der Waals surface area contributed by atoms with Gasteiger partial charge in [0, 0.05) is 6.04 Å². The summed E-state index contributed by atoms with van der Waals surface area (Å²) >= 11 is 0. The lowest BCUT2D eigenvalue weighted by Crippen LogP contribution is -2.26. The first-order valence-electron chi connectivity index (χ1n) is 5.61. The molecule has 1 heteroatoms. The zero-order chi connectivity index (χ0) is 10.1. The van der Waals surface area contributed by atoms with Crippen LogP contribution in [0.15, 0.2) is 12.2 Å². The highest BCUT2D eigenvalue weighted by atomic mass is 14.9. The molecule has 0 aliphatic carbocycles. The Morgan fingerprint density at radius 3 is 2.38 bits per heavy atom. The van der Waals surface area contributed by atoms with Crippen molar-refractivity contribution in [2.24, 2.45) is 0 Å². The Morgan fingerprint density at radius 2 is 1.92 bits per heavy atom. The highest BCUT2D eigenvalue weighted by Crippen LogP contribution is 2.12. The van der Waals surface area contributed by atoms with E-state index in [0.717, 1.165) is 6.42 Å². The van der Waals surface area contributed by atoms with E-state index in [4.69, 9.17) is 0 Å². The van der Waals surface area contributed by atoms with Crippen LogP contribution in [0.2, 0.25) is 0 Å². The maximum Gasteiger partial charge on any atom is 0.0273 e. The Bertz CT molecular complexity index is 129. The fraction of sp³-hybridized carbons (Fsp3) is 0.833. The molecule has 0 rings (SSSR count). The SMILES string of the molecule is C=C(CC)C(CCCCCC)NC. The van der Waals surface area contributed by atoms with Crippen molar-refractivity contribution < 1.29 is 0 Å². The summed E-state index contributed by atoms with van der Waals surface area (Å²) in [5.74, 6) is 0. The molecule has 0 aromatic heterocycles. The second kappa shape index (κ2) is 8.31. The first-order chi connectivity index (χ1) is 6.26. The van der Waals surface area contributed by atoms with Crippen LogP contribution in [0, 0.1) is 0 Å². The van der Waals surface area contributed by atoms with Crippen LogP contribution in [0.5, 0.6) is 0 Å². The van der Waals surface area contributed by atoms with Gasteiger partial charge in [0.25, 0.3) is 0 Å². The molecule has 0 aromatic rings. The van der Waals surface area contributed by atoms with Gasteiger partial charge in [0.2, 0.25) is 0 Å². The van der Waals surface area contributed by atoms with Gasteiger partial charge in [0.15, 0.2) is 0 Å². The maximum absolute atomic E-state index is 4.08. The molecule has 0 spiro atoms. The number of hydrogen-bond donors (Lipinski definition) is 1. The lowest BCUT2D eigenvalue weighted by molar-refractivity contribution is 0.527. The minimum absolute atomic E-state index is 0.543. The molecule has 1 unspecified atom stereocenters. The van der Waals surface area contributed by atoms with Crippen molar-refractivity contribution in [3.05, 3.63) is 12.2 Å². The largest absolute Gasteiger partial charge is 0.313 e. The minimum Gasteiger partial charge on any atom is -0.313 e. The van der Waals surface area contributed by atoms with Crippen LogP contribution in [0.3, 0.4) is 0 Å². The normalized spacial score (nSPS) is 12.8. The van der Waals surface area contributed by atoms with E-state index in [2.05, 4.69) is 25.7 Å². The summed E-state index contributed by atoms with van der Waals surface area (Å²) in [6.45, 7) is 8.51. The fourth-order valence-corrected chi connectivity index (χ4v) is 1.57. The third-order valence-electron chi connectivity index (χ3n) is 2.64. The summed E-state index contributed by atoms with van der Waals surface area (Å²) in [7, 11) is 2.03. The zero-order valence-corrected chi connectivity index (χ0v) is 9.53. The Hall–Kier alpha value is -0.300. The summed E-state index contributed by atoms with van der Waals surface area (Å²) in [5.41, 5.74) is 1.35. The predicted octanol–water partition coefficient (Wildman–Crippen LogP) is 3.51. The van der Waals surface area contributed by atoms with Crippen molar-refractivity contribution >= 4 is 0 Å². The molecule has 78 valence electrons. The first kappa shape index (κ1) is 12.7. The van der Waals surface area contributed by atoms with Gasteiger partial charge in [-0.05, 0) is 19.9 Å². The molecule has 0 amide bonds. The van der Waals surface area contributed by atoms with Gasteiger partial charge in [-0.1, -0.05) is 51.7 Å². The van der Waals surface area contributed by atoms with Crippen LogP contribution < -0.4 is 5.32 Å². The van der Waals surface area contributed by atoms with Gasteiger partial charge in [-0.2, -0.15) is 0 Å². The second-order valence-electron chi connectivity index (χ2n) is 3.70. The molecule has 0 aliphatic rings. The van der Waals surface area contributed by atoms with Gasteiger partial charge in [0.1, 0.15) is 0 Å². The van der Waals surface area contributed by atoms with Crippen molar-refractivity contribution in [2.75, 3.05) is 7.05 Å². The van der Waals surface area contributed by atoms with E-state index < -0.39 is 0 Å². The lowest BCUT2D eigenvalue weighted by atomic mass is 10.00. The van der Waals surface area contributed by atoms with Gasteiger partial charge >= 0.3 is 0 Å². The molecule has 0 fully saturated rings. The zero-order valence-electron chi connectivity index (χ0n) is 9.53. The molecule has 0 heterocycles. The van der Waals surface area contributed by atoms with E-state index in [1.807, 2.05) is 7.05 Å². The van der Waals surface area contributed by atoms with Crippen molar-refractivity contribution in [1.29, 1.82) is 0 Å². The maximum atomic E-state index is 4.08. The number of unbranched alkanes of at least 4 members (excludes halogenated alkanes) is 3. The summed E-state index contributed by atoms with van der Waals surface area (Å²) in [5, 5.41) is 3.33. The molecular weight excluding hydrogens is 158 g/mol. The van der Waals surface area contributed by atoms with E-state index in [-0.39, 0.29) is 0 Å². The number of rotatable bonds is 8. The highest BCUT2D eigenvalue weighted by Gasteiger charge is 2.07. The van der Waals surface area contributed by atoms with Crippen molar-refractivity contribution in [2.45, 2.75) is 58.4 Å². The summed E-state index contributed by atoms with van der Waals surface area (Å²) < 4.78 is 0. The Balaban J connectivity index is 3.53. The topological polar surface area (TPSA) is 12.0 Å². The van der Waals surface area contributed by atoms with Crippen LogP contribution in [0.1, 0.15) is 52.4 Å². The highest BCUT2D eigenvalue weighted by molar-refractivity contribution is 5.03. The van der Waals surface area contributed by atoms with Gasteiger partial charge in [0.05, 0.1) is 0 Å². The van der Waals surface area contributed by atoms with Crippen molar-refractivity contribution in [3.63, 3.8) is 0 Å². The van der Waals surface area contributed by atoms with E-state index in [9.17, 15) is 0 Å². The first-order valence-corrected chi connectivity index (χ1v) is 5.61. The van der Waals surface area contributed by atoms with Crippen LogP contribution >= 0.6 is 0 Å². The fourth-order valence-electron chi connectivity index (χ4n) is 1.57. The van der Waals surface area contributed by atoms with E-state index in [1.165, 1.54) is 37.7 Å². The smallest absolute Gasteiger partial charge is 0.0273 e. The van der Waals surface area contributed by atoms with Crippen molar-refractivity contribution in [3.8, 4) is 0 Å². The molecule has 1 N–H and O–H groups in total. The average molecular weight is 183 g/mol. The predicted molar refractivity (Wildman–Crippen MR) is 61.0 cm³/mol. The summed E-state index contributed by atoms with van der Waals surface area (Å²) in [4.78, 5) is 0. The molecule has 1 nitrogen and oxygen atoms in total. The summed E-state index contributed by atoms with van der Waals surface area (Å²) in [6.07, 6.45) is 7.74. The van der Waals surface area contributed by atoms with Crippen LogP contribution in [0.25, 0.3) is 0 Å². The quantitative estimate of drug-likeness (QED) is 0.448. The van der Waals surface area contributed by atoms with Crippen molar-refractivity contribution in [1.82, 2.24) is 5.32 Å². The molecule has 0 aromatic carbocycles. The monoisotopic (exact) mass is 183 g/mol. The van der Waals surface area contributed by atoms with Crippen LogP contribution in [-0.2, 0) is 0 Å². The Labute approximate surface area is 83.6 Å². The second-order valence-corrected chi connectivity index (χ2v) is 3.70.